The lowest BCUT2D eigenvalue weighted by atomic mass is 10.2. The molecule has 0 aliphatic heterocycles. The van der Waals surface area contributed by atoms with Crippen molar-refractivity contribution in [1.29, 1.82) is 0 Å². The number of nitrogens with one attached hydrogen (secondary N) is 1. The average Bonchev–Trinajstić information content (AvgIpc) is 3.12. The van der Waals surface area contributed by atoms with Gasteiger partial charge in [0.1, 0.15) is 10.6 Å². The number of halogens is 1. The highest BCUT2D eigenvalue weighted by molar-refractivity contribution is 7.17. The van der Waals surface area contributed by atoms with Crippen LogP contribution in [0.4, 0.5) is 5.69 Å². The van der Waals surface area contributed by atoms with E-state index in [1.54, 1.807) is 31.3 Å². The smallest absolute Gasteiger partial charge is 0.267 e. The molecule has 1 heterocycles. The summed E-state index contributed by atoms with van der Waals surface area (Å²) in [6, 6.07) is 18.5. The Morgan fingerprint density at radius 1 is 1.11 bits per heavy atom. The number of thiophene rings is 1. The van der Waals surface area contributed by atoms with Crippen molar-refractivity contribution in [3.05, 3.63) is 70.6 Å². The molecule has 28 heavy (non-hydrogen) atoms. The van der Waals surface area contributed by atoms with Crippen molar-refractivity contribution in [2.24, 2.45) is 0 Å². The highest BCUT2D eigenvalue weighted by atomic mass is 35.5. The third kappa shape index (κ3) is 4.71. The first-order chi connectivity index (χ1) is 13.5. The number of likely N-dealkylation sites (N-methyl/N-ethyl adjacent to an activating group) is 1. The maximum Gasteiger partial charge on any atom is 0.267 e. The topological polar surface area (TPSA) is 58.6 Å². The van der Waals surface area contributed by atoms with E-state index in [0.29, 0.717) is 21.3 Å². The second-order valence-corrected chi connectivity index (χ2v) is 7.58. The van der Waals surface area contributed by atoms with Crippen molar-refractivity contribution in [2.75, 3.05) is 26.0 Å². The van der Waals surface area contributed by atoms with Gasteiger partial charge in [0, 0.05) is 22.6 Å². The number of ether oxygens (including phenoxy) is 1. The molecule has 0 aliphatic carbocycles. The predicted molar refractivity (Wildman–Crippen MR) is 113 cm³/mol. The minimum atomic E-state index is -0.308. The fraction of sp³-hybridized carbons (Fsp3) is 0.143. The van der Waals surface area contributed by atoms with Crippen LogP contribution in [0.5, 0.6) is 5.75 Å². The number of benzene rings is 2. The lowest BCUT2D eigenvalue weighted by Gasteiger charge is -2.16. The van der Waals surface area contributed by atoms with Crippen molar-refractivity contribution in [1.82, 2.24) is 4.90 Å². The van der Waals surface area contributed by atoms with Gasteiger partial charge in [-0.15, -0.1) is 11.3 Å². The molecule has 1 N–H and O–H groups in total. The highest BCUT2D eigenvalue weighted by Crippen LogP contribution is 2.36. The van der Waals surface area contributed by atoms with Crippen LogP contribution in [0, 0.1) is 0 Å². The number of rotatable bonds is 6. The zero-order valence-electron chi connectivity index (χ0n) is 15.4. The van der Waals surface area contributed by atoms with Crippen molar-refractivity contribution >= 4 is 40.4 Å². The summed E-state index contributed by atoms with van der Waals surface area (Å²) in [6.45, 7) is -0.0902. The van der Waals surface area contributed by atoms with Crippen LogP contribution < -0.4 is 10.1 Å². The van der Waals surface area contributed by atoms with E-state index in [4.69, 9.17) is 16.3 Å². The van der Waals surface area contributed by atoms with E-state index in [-0.39, 0.29) is 18.4 Å². The first kappa shape index (κ1) is 19.9. The normalized spacial score (nSPS) is 10.4. The van der Waals surface area contributed by atoms with Gasteiger partial charge >= 0.3 is 0 Å². The van der Waals surface area contributed by atoms with Gasteiger partial charge in [0.15, 0.2) is 0 Å². The van der Waals surface area contributed by atoms with E-state index < -0.39 is 0 Å². The molecule has 144 valence electrons. The molecule has 0 spiro atoms. The summed E-state index contributed by atoms with van der Waals surface area (Å²) < 4.78 is 5.38. The van der Waals surface area contributed by atoms with Gasteiger partial charge < -0.3 is 15.0 Å². The number of amides is 2. The van der Waals surface area contributed by atoms with E-state index in [0.717, 1.165) is 10.4 Å². The van der Waals surface area contributed by atoms with Crippen LogP contribution in [0.2, 0.25) is 5.02 Å². The third-order valence-corrected chi connectivity index (χ3v) is 5.39. The lowest BCUT2D eigenvalue weighted by molar-refractivity contribution is -0.116. The third-order valence-electron chi connectivity index (χ3n) is 4.01. The van der Waals surface area contributed by atoms with E-state index in [1.165, 1.54) is 23.3 Å². The second-order valence-electron chi connectivity index (χ2n) is 6.09. The van der Waals surface area contributed by atoms with Crippen molar-refractivity contribution < 1.29 is 14.3 Å². The molecule has 2 amide bonds. The number of carbonyl (C=O) groups excluding carboxylic acids is 2. The molecule has 5 nitrogen and oxygen atoms in total. The van der Waals surface area contributed by atoms with Crippen LogP contribution in [-0.4, -0.2) is 37.4 Å². The van der Waals surface area contributed by atoms with E-state index in [2.05, 4.69) is 5.32 Å². The number of methoxy groups -OCH3 is 1. The Morgan fingerprint density at radius 2 is 1.86 bits per heavy atom. The van der Waals surface area contributed by atoms with Crippen molar-refractivity contribution in [3.8, 4) is 16.2 Å². The summed E-state index contributed by atoms with van der Waals surface area (Å²) in [7, 11) is 3.11. The van der Waals surface area contributed by atoms with Crippen molar-refractivity contribution in [2.45, 2.75) is 0 Å². The van der Waals surface area contributed by atoms with Crippen LogP contribution in [0.25, 0.3) is 10.4 Å². The SMILES string of the molecule is COc1cc(-c2ccccc2)sc1C(=O)N(C)CC(=O)Nc1cccc(Cl)c1. The van der Waals surface area contributed by atoms with E-state index in [9.17, 15) is 9.59 Å². The zero-order chi connectivity index (χ0) is 20.1. The van der Waals surface area contributed by atoms with Gasteiger partial charge in [-0.25, -0.2) is 0 Å². The van der Waals surface area contributed by atoms with Crippen LogP contribution in [-0.2, 0) is 4.79 Å². The summed E-state index contributed by atoms with van der Waals surface area (Å²) in [5, 5.41) is 3.26. The number of carbonyl (C=O) groups is 2. The second kappa shape index (κ2) is 8.91. The fourth-order valence-corrected chi connectivity index (χ4v) is 3.96. The Bertz CT molecular complexity index is 988. The Kier molecular flexibility index (Phi) is 6.34. The molecule has 3 aromatic rings. The molecule has 7 heteroatoms. The van der Waals surface area contributed by atoms with Crippen LogP contribution in [0.3, 0.4) is 0 Å². The summed E-state index contributed by atoms with van der Waals surface area (Å²) in [4.78, 5) is 27.9. The van der Waals surface area contributed by atoms with Gasteiger partial charge in [0.05, 0.1) is 13.7 Å². The fourth-order valence-electron chi connectivity index (χ4n) is 2.65. The Hall–Kier alpha value is -2.83. The van der Waals surface area contributed by atoms with Gasteiger partial charge in [0.2, 0.25) is 5.91 Å². The largest absolute Gasteiger partial charge is 0.495 e. The predicted octanol–water partition coefficient (Wildman–Crippen LogP) is 4.79. The molecule has 0 saturated heterocycles. The standard InChI is InChI=1S/C21H19ClN2O3S/c1-24(13-19(25)23-16-10-6-9-15(22)11-16)21(26)20-17(27-2)12-18(28-20)14-7-4-3-5-8-14/h3-12H,13H2,1-2H3,(H,23,25). The first-order valence-electron chi connectivity index (χ1n) is 8.52. The highest BCUT2D eigenvalue weighted by Gasteiger charge is 2.22. The van der Waals surface area contributed by atoms with E-state index in [1.807, 2.05) is 36.4 Å². The van der Waals surface area contributed by atoms with Gasteiger partial charge in [-0.05, 0) is 29.8 Å². The molecule has 0 atom stereocenters. The van der Waals surface area contributed by atoms with Gasteiger partial charge in [-0.3, -0.25) is 9.59 Å². The summed E-state index contributed by atoms with van der Waals surface area (Å²) in [6.07, 6.45) is 0. The van der Waals surface area contributed by atoms with E-state index >= 15 is 0 Å². The first-order valence-corrected chi connectivity index (χ1v) is 9.71. The van der Waals surface area contributed by atoms with Crippen molar-refractivity contribution in [3.63, 3.8) is 0 Å². The molecular weight excluding hydrogens is 396 g/mol. The maximum atomic E-state index is 12.9. The van der Waals surface area contributed by atoms with Crippen LogP contribution >= 0.6 is 22.9 Å². The Balaban J connectivity index is 1.72. The molecule has 0 bridgehead atoms. The molecule has 0 unspecified atom stereocenters. The van der Waals surface area contributed by atoms with Gasteiger partial charge in [-0.2, -0.15) is 0 Å². The summed E-state index contributed by atoms with van der Waals surface area (Å²) >= 11 is 7.26. The van der Waals surface area contributed by atoms with Gasteiger partial charge in [-0.1, -0.05) is 48.0 Å². The minimum Gasteiger partial charge on any atom is -0.495 e. The van der Waals surface area contributed by atoms with Crippen LogP contribution in [0.1, 0.15) is 9.67 Å². The quantitative estimate of drug-likeness (QED) is 0.631. The summed E-state index contributed by atoms with van der Waals surface area (Å²) in [5.74, 6) is -0.0850. The molecule has 0 saturated carbocycles. The number of hydrogen-bond donors (Lipinski definition) is 1. The number of anilines is 1. The average molecular weight is 415 g/mol. The Labute approximate surface area is 172 Å². The lowest BCUT2D eigenvalue weighted by Crippen LogP contribution is -2.34. The molecule has 0 radical (unpaired) electrons. The van der Waals surface area contributed by atoms with Gasteiger partial charge in [0.25, 0.3) is 5.91 Å². The zero-order valence-corrected chi connectivity index (χ0v) is 17.0. The Morgan fingerprint density at radius 3 is 2.54 bits per heavy atom. The number of nitrogens with zero attached hydrogens (tertiary/aromatic N) is 1. The molecular formula is C21H19ClN2O3S. The molecule has 2 aromatic carbocycles. The molecule has 3 rings (SSSR count). The minimum absolute atomic E-state index is 0.0902. The number of hydrogen-bond acceptors (Lipinski definition) is 4. The molecule has 0 fully saturated rings. The monoisotopic (exact) mass is 414 g/mol. The molecule has 1 aromatic heterocycles. The maximum absolute atomic E-state index is 12.9. The molecule has 0 aliphatic rings. The van der Waals surface area contributed by atoms with Crippen LogP contribution in [0.15, 0.2) is 60.7 Å². The summed E-state index contributed by atoms with van der Waals surface area (Å²) in [5.41, 5.74) is 1.59.